The Morgan fingerprint density at radius 1 is 1.42 bits per heavy atom. The molecule has 0 radical (unpaired) electrons. The van der Waals surface area contributed by atoms with Crippen molar-refractivity contribution in [2.45, 2.75) is 24.1 Å². The normalized spacial score (nSPS) is 11.8. The maximum absolute atomic E-state index is 10.8. The van der Waals surface area contributed by atoms with E-state index in [1.54, 1.807) is 0 Å². The predicted molar refractivity (Wildman–Crippen MR) is 50.7 cm³/mol. The van der Waals surface area contributed by atoms with Gasteiger partial charge in [-0.3, -0.25) is 0 Å². The Bertz CT molecular complexity index is 151. The molecule has 0 fully saturated rings. The summed E-state index contributed by atoms with van der Waals surface area (Å²) in [4.78, 5) is 10.8. The van der Waals surface area contributed by atoms with Crippen LogP contribution < -0.4 is 0 Å². The molecule has 0 rings (SSSR count). The van der Waals surface area contributed by atoms with Crippen molar-refractivity contribution in [3.05, 3.63) is 0 Å². The van der Waals surface area contributed by atoms with Gasteiger partial charge in [0.15, 0.2) is 0 Å². The first kappa shape index (κ1) is 12.3. The number of hydrogen-bond donors (Lipinski definition) is 0. The number of esters is 1. The number of ether oxygens (including phenoxy) is 1. The van der Waals surface area contributed by atoms with Crippen LogP contribution in [0, 0.1) is 5.92 Å². The van der Waals surface area contributed by atoms with Gasteiger partial charge in [-0.1, -0.05) is 48.7 Å². The minimum atomic E-state index is -1.95. The third-order valence-corrected chi connectivity index (χ3v) is 1.62. The first-order chi connectivity index (χ1) is 5.34. The van der Waals surface area contributed by atoms with Gasteiger partial charge in [0.1, 0.15) is 0 Å². The molecule has 0 aromatic rings. The van der Waals surface area contributed by atoms with E-state index in [1.165, 1.54) is 0 Å². The summed E-state index contributed by atoms with van der Waals surface area (Å²) < 4.78 is 2.74. The third kappa shape index (κ3) is 5.92. The fourth-order valence-electron chi connectivity index (χ4n) is 0.469. The zero-order valence-electron chi connectivity index (χ0n) is 6.94. The molecule has 12 heavy (non-hydrogen) atoms. The van der Waals surface area contributed by atoms with E-state index in [-0.39, 0.29) is 0 Å². The summed E-state index contributed by atoms with van der Waals surface area (Å²) in [6.07, 6.45) is 0.770. The second-order valence-electron chi connectivity index (χ2n) is 2.82. The molecule has 72 valence electrons. The van der Waals surface area contributed by atoms with Gasteiger partial charge < -0.3 is 4.74 Å². The Balaban J connectivity index is 3.59. The van der Waals surface area contributed by atoms with Crippen LogP contribution in [0.15, 0.2) is 0 Å². The van der Waals surface area contributed by atoms with Crippen molar-refractivity contribution in [1.82, 2.24) is 0 Å². The van der Waals surface area contributed by atoms with Crippen LogP contribution in [0.5, 0.6) is 0 Å². The van der Waals surface area contributed by atoms with Gasteiger partial charge in [-0.2, -0.15) is 0 Å². The topological polar surface area (TPSA) is 26.3 Å². The van der Waals surface area contributed by atoms with Crippen molar-refractivity contribution < 1.29 is 9.53 Å². The van der Waals surface area contributed by atoms with Crippen molar-refractivity contribution in [3.63, 3.8) is 0 Å². The van der Waals surface area contributed by atoms with Gasteiger partial charge in [-0.25, -0.2) is 4.79 Å². The molecule has 0 aliphatic heterocycles. The molecular weight excluding hydrogens is 222 g/mol. The lowest BCUT2D eigenvalue weighted by molar-refractivity contribution is -0.142. The first-order valence-corrected chi connectivity index (χ1v) is 4.71. The average molecular weight is 234 g/mol. The van der Waals surface area contributed by atoms with Crippen molar-refractivity contribution in [3.8, 4) is 0 Å². The van der Waals surface area contributed by atoms with E-state index in [4.69, 9.17) is 34.8 Å². The molecule has 5 heteroatoms. The fraction of sp³-hybridized carbons (Fsp3) is 0.857. The van der Waals surface area contributed by atoms with Crippen molar-refractivity contribution in [2.24, 2.45) is 5.92 Å². The molecular formula is C7H11Cl3O2. The van der Waals surface area contributed by atoms with Gasteiger partial charge in [0.25, 0.3) is 3.79 Å². The van der Waals surface area contributed by atoms with Crippen molar-refractivity contribution >= 4 is 40.8 Å². The quantitative estimate of drug-likeness (QED) is 0.553. The van der Waals surface area contributed by atoms with Crippen LogP contribution >= 0.6 is 34.8 Å². The fourth-order valence-corrected chi connectivity index (χ4v) is 0.633. The number of hydrogen-bond acceptors (Lipinski definition) is 2. The highest BCUT2D eigenvalue weighted by molar-refractivity contribution is 6.75. The molecule has 0 aliphatic rings. The van der Waals surface area contributed by atoms with Crippen LogP contribution in [0.3, 0.4) is 0 Å². The summed E-state index contributed by atoms with van der Waals surface area (Å²) in [6, 6.07) is 0. The Kier molecular flexibility index (Phi) is 5.30. The molecule has 0 amide bonds. The summed E-state index contributed by atoms with van der Waals surface area (Å²) in [6.45, 7) is 4.33. The summed E-state index contributed by atoms with van der Waals surface area (Å²) in [5, 5.41) is 0. The molecule has 0 atom stereocenters. The van der Waals surface area contributed by atoms with Crippen LogP contribution in [0.2, 0.25) is 0 Å². The Morgan fingerprint density at radius 3 is 2.25 bits per heavy atom. The molecule has 0 unspecified atom stereocenters. The van der Waals surface area contributed by atoms with E-state index in [0.29, 0.717) is 12.5 Å². The second kappa shape index (κ2) is 5.15. The lowest BCUT2D eigenvalue weighted by atomic mass is 10.1. The van der Waals surface area contributed by atoms with E-state index < -0.39 is 9.76 Å². The van der Waals surface area contributed by atoms with E-state index >= 15 is 0 Å². The molecule has 0 spiro atoms. The minimum Gasteiger partial charge on any atom is -0.463 e. The molecule has 0 N–H and O–H groups in total. The average Bonchev–Trinajstić information content (AvgIpc) is 1.84. The molecule has 0 saturated carbocycles. The van der Waals surface area contributed by atoms with Crippen LogP contribution in [-0.2, 0) is 9.53 Å². The second-order valence-corrected chi connectivity index (χ2v) is 5.10. The predicted octanol–water partition coefficient (Wildman–Crippen LogP) is 2.95. The summed E-state index contributed by atoms with van der Waals surface area (Å²) in [5.74, 6) is -0.346. The zero-order chi connectivity index (χ0) is 9.78. The highest BCUT2D eigenvalue weighted by Crippen LogP contribution is 2.27. The number of carbonyl (C=O) groups excluding carboxylic acids is 1. The largest absolute Gasteiger partial charge is 0.463 e. The van der Waals surface area contributed by atoms with Gasteiger partial charge >= 0.3 is 5.97 Å². The Hall–Kier alpha value is 0.340. The van der Waals surface area contributed by atoms with Gasteiger partial charge in [0.2, 0.25) is 0 Å². The van der Waals surface area contributed by atoms with Crippen LogP contribution in [0.25, 0.3) is 0 Å². The SMILES string of the molecule is CC(C)CCOC(=O)C(Cl)(Cl)Cl. The number of halogens is 3. The van der Waals surface area contributed by atoms with E-state index in [1.807, 2.05) is 13.8 Å². The van der Waals surface area contributed by atoms with E-state index in [2.05, 4.69) is 4.74 Å². The molecule has 0 aliphatic carbocycles. The van der Waals surface area contributed by atoms with Crippen LogP contribution in [-0.4, -0.2) is 16.4 Å². The first-order valence-electron chi connectivity index (χ1n) is 3.58. The van der Waals surface area contributed by atoms with E-state index in [0.717, 1.165) is 6.42 Å². The zero-order valence-corrected chi connectivity index (χ0v) is 9.21. The molecule has 0 heterocycles. The van der Waals surface area contributed by atoms with Gasteiger partial charge in [0.05, 0.1) is 6.61 Å². The molecule has 2 nitrogen and oxygen atoms in total. The highest BCUT2D eigenvalue weighted by Gasteiger charge is 2.32. The van der Waals surface area contributed by atoms with Crippen LogP contribution in [0.1, 0.15) is 20.3 Å². The lowest BCUT2D eigenvalue weighted by Gasteiger charge is -2.11. The van der Waals surface area contributed by atoms with Crippen molar-refractivity contribution in [2.75, 3.05) is 6.61 Å². The number of rotatable bonds is 3. The third-order valence-electron chi connectivity index (χ3n) is 1.16. The maximum Gasteiger partial charge on any atom is 0.358 e. The highest BCUT2D eigenvalue weighted by atomic mass is 35.6. The minimum absolute atomic E-state index is 0.296. The van der Waals surface area contributed by atoms with Crippen molar-refractivity contribution in [1.29, 1.82) is 0 Å². The molecule has 0 saturated heterocycles. The molecule has 0 aromatic carbocycles. The summed E-state index contributed by atoms with van der Waals surface area (Å²) >= 11 is 15.8. The van der Waals surface area contributed by atoms with Gasteiger partial charge in [-0.05, 0) is 12.3 Å². The monoisotopic (exact) mass is 232 g/mol. The lowest BCUT2D eigenvalue weighted by Crippen LogP contribution is -2.22. The number of alkyl halides is 3. The summed E-state index contributed by atoms with van der Waals surface area (Å²) in [7, 11) is 0. The van der Waals surface area contributed by atoms with E-state index in [9.17, 15) is 4.79 Å². The Morgan fingerprint density at radius 2 is 1.92 bits per heavy atom. The van der Waals surface area contributed by atoms with Crippen LogP contribution in [0.4, 0.5) is 0 Å². The molecule has 0 bridgehead atoms. The summed E-state index contributed by atoms with van der Waals surface area (Å²) in [5.41, 5.74) is 0. The Labute approximate surface area is 87.1 Å². The van der Waals surface area contributed by atoms with Gasteiger partial charge in [-0.15, -0.1) is 0 Å². The van der Waals surface area contributed by atoms with Gasteiger partial charge in [0, 0.05) is 0 Å². The number of carbonyl (C=O) groups is 1. The smallest absolute Gasteiger partial charge is 0.358 e. The molecule has 0 aromatic heterocycles. The maximum atomic E-state index is 10.8. The standard InChI is InChI=1S/C7H11Cl3O2/c1-5(2)3-4-12-6(11)7(8,9)10/h5H,3-4H2,1-2H3.